The van der Waals surface area contributed by atoms with Crippen LogP contribution in [0.25, 0.3) is 10.9 Å². The van der Waals surface area contributed by atoms with E-state index in [2.05, 4.69) is 45.3 Å². The van der Waals surface area contributed by atoms with Crippen LogP contribution in [-0.4, -0.2) is 66.6 Å². The van der Waals surface area contributed by atoms with Gasteiger partial charge in [-0.25, -0.2) is 14.3 Å². The van der Waals surface area contributed by atoms with Crippen LogP contribution >= 0.6 is 11.9 Å². The summed E-state index contributed by atoms with van der Waals surface area (Å²) in [6, 6.07) is 16.7. The average molecular weight is 424 g/mol. The Morgan fingerprint density at radius 1 is 0.967 bits per heavy atom. The summed E-state index contributed by atoms with van der Waals surface area (Å²) >= 11 is 1.81. The van der Waals surface area contributed by atoms with Gasteiger partial charge in [-0.2, -0.15) is 0 Å². The average Bonchev–Trinajstić information content (AvgIpc) is 2.78. The molecule has 0 saturated carbocycles. The minimum absolute atomic E-state index is 0.182. The number of hydrogen-bond donors (Lipinski definition) is 0. The molecule has 1 saturated heterocycles. The third-order valence-electron chi connectivity index (χ3n) is 5.51. The molecule has 1 aromatic heterocycles. The molecule has 1 aliphatic rings. The fourth-order valence-electron chi connectivity index (χ4n) is 3.74. The van der Waals surface area contributed by atoms with Crippen LogP contribution in [-0.2, 0) is 0 Å². The lowest BCUT2D eigenvalue weighted by Crippen LogP contribution is -2.44. The molecular formula is C23H29N5OS. The molecule has 3 aromatic rings. The summed E-state index contributed by atoms with van der Waals surface area (Å²) in [5.74, 6) is 2.77. The fourth-order valence-corrected chi connectivity index (χ4v) is 4.64. The van der Waals surface area contributed by atoms with Crippen LogP contribution in [0.2, 0.25) is 0 Å². The first kappa shape index (κ1) is 20.9. The summed E-state index contributed by atoms with van der Waals surface area (Å²) in [7, 11) is 5.78. The van der Waals surface area contributed by atoms with Gasteiger partial charge in [0.2, 0.25) is 0 Å². The second-order valence-electron chi connectivity index (χ2n) is 7.72. The zero-order chi connectivity index (χ0) is 21.1. The minimum Gasteiger partial charge on any atom is -0.497 e. The third-order valence-corrected chi connectivity index (χ3v) is 6.62. The summed E-state index contributed by atoms with van der Waals surface area (Å²) in [4.78, 5) is 15.6. The SMILES string of the molecule is COc1ccc(SN2CCN(C(C)c3nc(N(C)C)c4ccccc4n3)CC2)cc1. The second-order valence-corrected chi connectivity index (χ2v) is 8.90. The van der Waals surface area contributed by atoms with Crippen molar-refractivity contribution in [2.75, 3.05) is 52.3 Å². The number of anilines is 1. The molecule has 1 unspecified atom stereocenters. The molecule has 6 nitrogen and oxygen atoms in total. The van der Waals surface area contributed by atoms with E-state index >= 15 is 0 Å². The number of rotatable bonds is 6. The lowest BCUT2D eigenvalue weighted by Gasteiger charge is -2.37. The van der Waals surface area contributed by atoms with E-state index in [1.165, 1.54) is 4.90 Å². The zero-order valence-corrected chi connectivity index (χ0v) is 18.9. The third kappa shape index (κ3) is 4.53. The van der Waals surface area contributed by atoms with Gasteiger partial charge < -0.3 is 9.64 Å². The van der Waals surface area contributed by atoms with Gasteiger partial charge in [-0.3, -0.25) is 4.90 Å². The van der Waals surface area contributed by atoms with Crippen LogP contribution in [0, 0.1) is 0 Å². The molecule has 2 aromatic carbocycles. The summed E-state index contributed by atoms with van der Waals surface area (Å²) in [6.45, 7) is 6.23. The van der Waals surface area contributed by atoms with E-state index in [0.29, 0.717) is 0 Å². The maximum atomic E-state index is 5.25. The molecular weight excluding hydrogens is 394 g/mol. The standard InChI is InChI=1S/C23H29N5OS/c1-17(22-24-21-8-6-5-7-20(21)23(25-22)26(2)3)27-13-15-28(16-14-27)30-19-11-9-18(29-4)10-12-19/h5-12,17H,13-16H2,1-4H3. The van der Waals surface area contributed by atoms with Gasteiger partial charge in [0.25, 0.3) is 0 Å². The molecule has 0 aliphatic carbocycles. The Kier molecular flexibility index (Phi) is 6.41. The maximum Gasteiger partial charge on any atom is 0.148 e. The van der Waals surface area contributed by atoms with E-state index in [9.17, 15) is 0 Å². The van der Waals surface area contributed by atoms with Crippen LogP contribution in [0.5, 0.6) is 5.75 Å². The van der Waals surface area contributed by atoms with Crippen molar-refractivity contribution in [2.24, 2.45) is 0 Å². The highest BCUT2D eigenvalue weighted by Crippen LogP contribution is 2.29. The van der Waals surface area contributed by atoms with Gasteiger partial charge >= 0.3 is 0 Å². The van der Waals surface area contributed by atoms with Crippen LogP contribution < -0.4 is 9.64 Å². The number of methoxy groups -OCH3 is 1. The molecule has 1 atom stereocenters. The lowest BCUT2D eigenvalue weighted by molar-refractivity contribution is 0.146. The van der Waals surface area contributed by atoms with E-state index < -0.39 is 0 Å². The molecule has 0 spiro atoms. The Labute approximate surface area is 183 Å². The Hall–Kier alpha value is -2.35. The highest BCUT2D eigenvalue weighted by atomic mass is 32.2. The first-order valence-corrected chi connectivity index (χ1v) is 11.1. The van der Waals surface area contributed by atoms with Crippen molar-refractivity contribution in [2.45, 2.75) is 17.9 Å². The summed E-state index contributed by atoms with van der Waals surface area (Å²) in [6.07, 6.45) is 0. The molecule has 1 aliphatic heterocycles. The van der Waals surface area contributed by atoms with E-state index in [1.54, 1.807) is 7.11 Å². The van der Waals surface area contributed by atoms with Crippen molar-refractivity contribution in [3.8, 4) is 5.75 Å². The number of fused-ring (bicyclic) bond motifs is 1. The quantitative estimate of drug-likeness (QED) is 0.553. The molecule has 7 heteroatoms. The number of nitrogens with zero attached hydrogens (tertiary/aromatic N) is 5. The van der Waals surface area contributed by atoms with Crippen molar-refractivity contribution in [3.63, 3.8) is 0 Å². The number of aromatic nitrogens is 2. The van der Waals surface area contributed by atoms with Crippen LogP contribution in [0.15, 0.2) is 53.4 Å². The van der Waals surface area contributed by atoms with Gasteiger partial charge in [-0.1, -0.05) is 12.1 Å². The van der Waals surface area contributed by atoms with Crippen LogP contribution in [0.1, 0.15) is 18.8 Å². The molecule has 30 heavy (non-hydrogen) atoms. The van der Waals surface area contributed by atoms with Gasteiger partial charge in [0.1, 0.15) is 17.4 Å². The number of hydrogen-bond acceptors (Lipinski definition) is 7. The van der Waals surface area contributed by atoms with Crippen LogP contribution in [0.3, 0.4) is 0 Å². The van der Waals surface area contributed by atoms with Gasteiger partial charge in [-0.15, -0.1) is 0 Å². The predicted octanol–water partition coefficient (Wildman–Crippen LogP) is 4.09. The Morgan fingerprint density at radius 3 is 2.33 bits per heavy atom. The minimum atomic E-state index is 0.182. The molecule has 4 rings (SSSR count). The Morgan fingerprint density at radius 2 is 1.67 bits per heavy atom. The topological polar surface area (TPSA) is 44.7 Å². The van der Waals surface area contributed by atoms with Gasteiger partial charge in [-0.05, 0) is 55.3 Å². The van der Waals surface area contributed by atoms with Gasteiger partial charge in [0.15, 0.2) is 0 Å². The van der Waals surface area contributed by atoms with Crippen molar-refractivity contribution < 1.29 is 4.74 Å². The highest BCUT2D eigenvalue weighted by Gasteiger charge is 2.25. The van der Waals surface area contributed by atoms with E-state index in [0.717, 1.165) is 54.5 Å². The fraction of sp³-hybridized carbons (Fsp3) is 0.391. The van der Waals surface area contributed by atoms with Crippen LogP contribution in [0.4, 0.5) is 5.82 Å². The molecule has 0 radical (unpaired) electrons. The largest absolute Gasteiger partial charge is 0.497 e. The number of benzene rings is 2. The summed E-state index contributed by atoms with van der Waals surface area (Å²) in [5, 5.41) is 1.10. The van der Waals surface area contributed by atoms with E-state index in [4.69, 9.17) is 14.7 Å². The van der Waals surface area contributed by atoms with E-state index in [-0.39, 0.29) is 6.04 Å². The Bertz CT molecular complexity index is 987. The monoisotopic (exact) mass is 423 g/mol. The maximum absolute atomic E-state index is 5.25. The van der Waals surface area contributed by atoms with Gasteiger partial charge in [0.05, 0.1) is 18.7 Å². The van der Waals surface area contributed by atoms with Crippen molar-refractivity contribution in [1.29, 1.82) is 0 Å². The molecule has 1 fully saturated rings. The molecule has 0 N–H and O–H groups in total. The van der Waals surface area contributed by atoms with Crippen molar-refractivity contribution >= 4 is 28.7 Å². The highest BCUT2D eigenvalue weighted by molar-refractivity contribution is 7.97. The van der Waals surface area contributed by atoms with Crippen molar-refractivity contribution in [1.82, 2.24) is 19.2 Å². The number of piperazine rings is 1. The molecule has 0 bridgehead atoms. The summed E-state index contributed by atoms with van der Waals surface area (Å²) < 4.78 is 7.68. The number of ether oxygens (including phenoxy) is 1. The number of para-hydroxylation sites is 1. The smallest absolute Gasteiger partial charge is 0.148 e. The first-order valence-electron chi connectivity index (χ1n) is 10.3. The Balaban J connectivity index is 1.43. The normalized spacial score (nSPS) is 16.5. The molecule has 0 amide bonds. The molecule has 158 valence electrons. The second kappa shape index (κ2) is 9.20. The summed E-state index contributed by atoms with van der Waals surface area (Å²) in [5.41, 5.74) is 1.01. The predicted molar refractivity (Wildman–Crippen MR) is 124 cm³/mol. The van der Waals surface area contributed by atoms with Crippen molar-refractivity contribution in [3.05, 3.63) is 54.4 Å². The first-order chi connectivity index (χ1) is 14.5. The zero-order valence-electron chi connectivity index (χ0n) is 18.1. The lowest BCUT2D eigenvalue weighted by atomic mass is 10.2. The van der Waals surface area contributed by atoms with E-state index in [1.807, 2.05) is 50.3 Å². The molecule has 2 heterocycles. The van der Waals surface area contributed by atoms with Gasteiger partial charge in [0, 0.05) is 50.6 Å².